The number of hydrogen-bond acceptors (Lipinski definition) is 6. The van der Waals surface area contributed by atoms with E-state index in [1.165, 1.54) is 10.9 Å². The molecule has 23 heavy (non-hydrogen) atoms. The maximum Gasteiger partial charge on any atom is 0.324 e. The fourth-order valence-electron chi connectivity index (χ4n) is 2.67. The van der Waals surface area contributed by atoms with Gasteiger partial charge in [-0.1, -0.05) is 0 Å². The van der Waals surface area contributed by atoms with Crippen molar-refractivity contribution < 1.29 is 28.8 Å². The Morgan fingerprint density at radius 1 is 1.35 bits per heavy atom. The monoisotopic (exact) mass is 441 g/mol. The van der Waals surface area contributed by atoms with Crippen molar-refractivity contribution in [3.05, 3.63) is 24.3 Å². The highest BCUT2D eigenvalue weighted by Crippen LogP contribution is 2.39. The van der Waals surface area contributed by atoms with E-state index in [1.807, 2.05) is 0 Å². The topological polar surface area (TPSA) is 101 Å². The standard InChI is InChI=1S/C13H14F2IN3O4/c1-5-6-2-3-19(11(6)18-4-17-5)12-8(21)7(20)9(23-12)10(22)13(14,15)16/h2-4,7-10,12,20-22H,1H3. The minimum Gasteiger partial charge on any atom is -0.387 e. The predicted octanol–water partition coefficient (Wildman–Crippen LogP) is 0.748. The van der Waals surface area contributed by atoms with Gasteiger partial charge in [0, 0.05) is 34.2 Å². The maximum atomic E-state index is 13.3. The molecule has 0 saturated carbocycles. The molecule has 3 heterocycles. The van der Waals surface area contributed by atoms with Crippen LogP contribution in [0.5, 0.6) is 0 Å². The van der Waals surface area contributed by atoms with Crippen molar-refractivity contribution in [2.24, 2.45) is 0 Å². The third-order valence-electron chi connectivity index (χ3n) is 3.90. The molecule has 10 heteroatoms. The molecule has 0 aliphatic carbocycles. The first-order valence-electron chi connectivity index (χ1n) is 6.76. The fraction of sp³-hybridized carbons (Fsp3) is 0.538. The van der Waals surface area contributed by atoms with Crippen molar-refractivity contribution in [3.63, 3.8) is 0 Å². The lowest BCUT2D eigenvalue weighted by Gasteiger charge is -2.24. The zero-order valence-electron chi connectivity index (χ0n) is 11.8. The van der Waals surface area contributed by atoms with Crippen LogP contribution in [0.3, 0.4) is 0 Å². The lowest BCUT2D eigenvalue weighted by molar-refractivity contribution is -0.135. The van der Waals surface area contributed by atoms with E-state index in [2.05, 4.69) is 9.97 Å². The summed E-state index contributed by atoms with van der Waals surface area (Å²) in [5.41, 5.74) is 1.14. The average Bonchev–Trinajstić information content (AvgIpc) is 3.02. The number of hydrogen-bond donors (Lipinski definition) is 3. The summed E-state index contributed by atoms with van der Waals surface area (Å²) in [6.07, 6.45) is -5.27. The van der Waals surface area contributed by atoms with Gasteiger partial charge in [-0.05, 0) is 13.0 Å². The van der Waals surface area contributed by atoms with E-state index >= 15 is 0 Å². The number of aliphatic hydroxyl groups excluding tert-OH is 3. The molecule has 7 nitrogen and oxygen atoms in total. The molecular weight excluding hydrogens is 427 g/mol. The van der Waals surface area contributed by atoms with Gasteiger partial charge in [-0.2, -0.15) is 8.78 Å². The lowest BCUT2D eigenvalue weighted by Crippen LogP contribution is -2.45. The first kappa shape index (κ1) is 16.9. The zero-order chi connectivity index (χ0) is 16.9. The van der Waals surface area contributed by atoms with Gasteiger partial charge in [0.2, 0.25) is 0 Å². The molecule has 0 radical (unpaired) electrons. The van der Waals surface area contributed by atoms with Gasteiger partial charge in [-0.3, -0.25) is 0 Å². The van der Waals surface area contributed by atoms with Gasteiger partial charge in [0.25, 0.3) is 0 Å². The summed E-state index contributed by atoms with van der Waals surface area (Å²) in [7, 11) is 0. The zero-order valence-corrected chi connectivity index (χ0v) is 14.0. The molecule has 5 unspecified atom stereocenters. The van der Waals surface area contributed by atoms with E-state index in [-0.39, 0.29) is 0 Å². The van der Waals surface area contributed by atoms with E-state index in [0.29, 0.717) is 16.7 Å². The van der Waals surface area contributed by atoms with Crippen LogP contribution < -0.4 is 0 Å². The van der Waals surface area contributed by atoms with Crippen LogP contribution in [0.4, 0.5) is 8.78 Å². The van der Waals surface area contributed by atoms with Crippen molar-refractivity contribution in [2.75, 3.05) is 0 Å². The van der Waals surface area contributed by atoms with E-state index in [9.17, 15) is 24.1 Å². The first-order chi connectivity index (χ1) is 10.7. The normalized spacial score (nSPS) is 30.0. The molecule has 5 atom stereocenters. The Morgan fingerprint density at radius 3 is 2.70 bits per heavy atom. The van der Waals surface area contributed by atoms with Crippen LogP contribution in [0.1, 0.15) is 11.9 Å². The van der Waals surface area contributed by atoms with E-state index in [0.717, 1.165) is 22.6 Å². The van der Waals surface area contributed by atoms with Crippen molar-refractivity contribution in [1.29, 1.82) is 0 Å². The minimum atomic E-state index is -3.50. The third-order valence-corrected chi connectivity index (χ3v) is 4.54. The summed E-state index contributed by atoms with van der Waals surface area (Å²) in [4.78, 5) is 8.13. The summed E-state index contributed by atoms with van der Waals surface area (Å²) >= 11 is 0.765. The van der Waals surface area contributed by atoms with E-state index in [1.54, 1.807) is 19.2 Å². The van der Waals surface area contributed by atoms with Gasteiger partial charge in [0.1, 0.15) is 30.3 Å². The molecule has 3 N–H and O–H groups in total. The van der Waals surface area contributed by atoms with Crippen molar-refractivity contribution >= 4 is 33.6 Å². The van der Waals surface area contributed by atoms with Crippen LogP contribution in [-0.2, 0) is 4.74 Å². The van der Waals surface area contributed by atoms with Crippen LogP contribution in [0.15, 0.2) is 18.6 Å². The molecule has 1 aliphatic heterocycles. The number of aromatic nitrogens is 3. The van der Waals surface area contributed by atoms with Gasteiger partial charge in [0.15, 0.2) is 12.3 Å². The SMILES string of the molecule is Cc1ncnc2c1ccn2C1OC(C(O)C(F)(F)I)C(O)C1O. The van der Waals surface area contributed by atoms with Gasteiger partial charge < -0.3 is 24.6 Å². The predicted molar refractivity (Wildman–Crippen MR) is 83.2 cm³/mol. The first-order valence-corrected chi connectivity index (χ1v) is 7.84. The summed E-state index contributed by atoms with van der Waals surface area (Å²) < 4.78 is 29.8. The molecule has 1 saturated heterocycles. The quantitative estimate of drug-likeness (QED) is 0.480. The molecule has 0 bridgehead atoms. The minimum absolute atomic E-state index is 0.435. The second-order valence-electron chi connectivity index (χ2n) is 5.38. The molecule has 3 rings (SSSR count). The average molecular weight is 441 g/mol. The number of ether oxygens (including phenoxy) is 1. The Balaban J connectivity index is 1.96. The lowest BCUT2D eigenvalue weighted by atomic mass is 10.1. The molecular formula is C13H14F2IN3O4. The highest BCUT2D eigenvalue weighted by atomic mass is 127. The second-order valence-corrected chi connectivity index (χ2v) is 6.82. The molecule has 2 aromatic rings. The third kappa shape index (κ3) is 2.82. The number of aliphatic hydroxyl groups is 3. The molecule has 126 valence electrons. The molecule has 0 spiro atoms. The Kier molecular flexibility index (Phi) is 4.29. The maximum absolute atomic E-state index is 13.3. The van der Waals surface area contributed by atoms with Crippen molar-refractivity contribution in [2.45, 2.75) is 41.5 Å². The number of nitrogens with zero attached hydrogens (tertiary/aromatic N) is 3. The van der Waals surface area contributed by atoms with Crippen LogP contribution in [0.25, 0.3) is 11.0 Å². The Hall–Kier alpha value is -0.950. The highest BCUT2D eigenvalue weighted by Gasteiger charge is 2.53. The van der Waals surface area contributed by atoms with Crippen LogP contribution in [-0.4, -0.2) is 58.2 Å². The Bertz CT molecular complexity index is 723. The van der Waals surface area contributed by atoms with Crippen LogP contribution in [0, 0.1) is 6.92 Å². The molecule has 2 aromatic heterocycles. The number of aryl methyl sites for hydroxylation is 1. The van der Waals surface area contributed by atoms with Crippen molar-refractivity contribution in [1.82, 2.24) is 14.5 Å². The molecule has 0 aromatic carbocycles. The Labute approximate surface area is 143 Å². The van der Waals surface area contributed by atoms with Gasteiger partial charge >= 0.3 is 3.93 Å². The Morgan fingerprint density at radius 2 is 2.04 bits per heavy atom. The molecule has 1 fully saturated rings. The number of halogens is 3. The second kappa shape index (κ2) is 5.84. The summed E-state index contributed by atoms with van der Waals surface area (Å²) in [6.45, 7) is 1.78. The van der Waals surface area contributed by atoms with E-state index < -0.39 is 34.6 Å². The van der Waals surface area contributed by atoms with Gasteiger partial charge in [-0.15, -0.1) is 0 Å². The summed E-state index contributed by atoms with van der Waals surface area (Å²) in [5.74, 6) is 0. The number of fused-ring (bicyclic) bond motifs is 1. The van der Waals surface area contributed by atoms with E-state index in [4.69, 9.17) is 4.74 Å². The summed E-state index contributed by atoms with van der Waals surface area (Å²) in [5, 5.41) is 30.5. The van der Waals surface area contributed by atoms with Crippen LogP contribution >= 0.6 is 22.6 Å². The van der Waals surface area contributed by atoms with Crippen molar-refractivity contribution in [3.8, 4) is 0 Å². The smallest absolute Gasteiger partial charge is 0.324 e. The summed E-state index contributed by atoms with van der Waals surface area (Å²) in [6, 6.07) is 1.70. The highest BCUT2D eigenvalue weighted by molar-refractivity contribution is 14.1. The molecule has 0 amide bonds. The number of rotatable bonds is 3. The molecule has 1 aliphatic rings. The number of alkyl halides is 3. The fourth-order valence-corrected chi connectivity index (χ4v) is 3.02. The van der Waals surface area contributed by atoms with Gasteiger partial charge in [0.05, 0.1) is 5.69 Å². The largest absolute Gasteiger partial charge is 0.387 e. The van der Waals surface area contributed by atoms with Gasteiger partial charge in [-0.25, -0.2) is 9.97 Å². The van der Waals surface area contributed by atoms with Crippen LogP contribution in [0.2, 0.25) is 0 Å².